The molecule has 0 radical (unpaired) electrons. The van der Waals surface area contributed by atoms with Crippen LogP contribution in [0.2, 0.25) is 0 Å². The second-order valence-corrected chi connectivity index (χ2v) is 6.73. The Bertz CT molecular complexity index is 1040. The molecule has 0 saturated heterocycles. The molecule has 0 spiro atoms. The van der Waals surface area contributed by atoms with E-state index in [0.717, 1.165) is 5.56 Å². The molecule has 3 unspecified atom stereocenters. The van der Waals surface area contributed by atoms with Gasteiger partial charge in [0.15, 0.2) is 11.7 Å². The molecule has 30 heavy (non-hydrogen) atoms. The molecule has 2 aromatic rings. The van der Waals surface area contributed by atoms with Crippen LogP contribution in [-0.4, -0.2) is 6.10 Å². The number of nitrogens with zero attached hydrogens (tertiary/aromatic N) is 4. The highest BCUT2D eigenvalue weighted by Crippen LogP contribution is 2.47. The van der Waals surface area contributed by atoms with Gasteiger partial charge in [-0.05, 0) is 55.0 Å². The first kappa shape index (κ1) is 20.3. The van der Waals surface area contributed by atoms with E-state index in [1.165, 1.54) is 0 Å². The first-order valence-corrected chi connectivity index (χ1v) is 9.11. The molecule has 0 bridgehead atoms. The molecule has 0 aliphatic heterocycles. The molecule has 1 saturated carbocycles. The lowest BCUT2D eigenvalue weighted by molar-refractivity contribution is -0.110. The average Bonchev–Trinajstić information content (AvgIpc) is 2.77. The van der Waals surface area contributed by atoms with Gasteiger partial charge in [-0.3, -0.25) is 0 Å². The summed E-state index contributed by atoms with van der Waals surface area (Å²) in [5.41, 5.74) is 0.539. The van der Waals surface area contributed by atoms with Crippen LogP contribution in [0, 0.1) is 46.1 Å². The van der Waals surface area contributed by atoms with Crippen LogP contribution >= 0.6 is 0 Å². The summed E-state index contributed by atoms with van der Waals surface area (Å²) in [7, 11) is 0. The summed E-state index contributed by atoms with van der Waals surface area (Å²) in [6.45, 7) is 0. The Labute approximate surface area is 173 Å². The predicted molar refractivity (Wildman–Crippen MR) is 101 cm³/mol. The van der Waals surface area contributed by atoms with E-state index >= 15 is 0 Å². The number of rotatable bonds is 6. The smallest absolute Gasteiger partial charge is 0.292 e. The molecule has 2 aromatic carbocycles. The molecule has 0 heterocycles. The fraction of sp³-hybridized carbons (Fsp3) is 0.273. The molecular weight excluding hydrogens is 384 g/mol. The summed E-state index contributed by atoms with van der Waals surface area (Å²) in [5.74, 6) is 0.874. The standard InChI is InChI=1S/C22H16N4O4/c23-12-27-19-5-1-16(2-6-19)17-9-10-22(30-15-26,21(11-17)29-14-25)18-3-7-20(8-4-18)28-13-24/h1-8,17,21H,9-11H2. The van der Waals surface area contributed by atoms with Gasteiger partial charge in [0.2, 0.25) is 0 Å². The Balaban J connectivity index is 1.90. The highest BCUT2D eigenvalue weighted by Gasteiger charge is 2.49. The van der Waals surface area contributed by atoms with E-state index in [2.05, 4.69) is 0 Å². The van der Waals surface area contributed by atoms with Crippen LogP contribution < -0.4 is 9.47 Å². The highest BCUT2D eigenvalue weighted by molar-refractivity contribution is 5.35. The second kappa shape index (κ2) is 9.20. The van der Waals surface area contributed by atoms with Crippen molar-refractivity contribution in [1.82, 2.24) is 0 Å². The van der Waals surface area contributed by atoms with Gasteiger partial charge in [-0.25, -0.2) is 0 Å². The molecular formula is C22H16N4O4. The van der Waals surface area contributed by atoms with Crippen LogP contribution in [0.1, 0.15) is 36.3 Å². The van der Waals surface area contributed by atoms with Gasteiger partial charge in [0, 0.05) is 5.56 Å². The summed E-state index contributed by atoms with van der Waals surface area (Å²) < 4.78 is 20.5. The van der Waals surface area contributed by atoms with Gasteiger partial charge in [-0.1, -0.05) is 24.3 Å². The van der Waals surface area contributed by atoms with Crippen molar-refractivity contribution in [1.29, 1.82) is 21.0 Å². The van der Waals surface area contributed by atoms with Crippen molar-refractivity contribution in [3.8, 4) is 36.5 Å². The maximum atomic E-state index is 9.32. The zero-order chi connectivity index (χ0) is 21.4. The molecule has 8 nitrogen and oxygen atoms in total. The third kappa shape index (κ3) is 4.04. The minimum atomic E-state index is -1.13. The van der Waals surface area contributed by atoms with Gasteiger partial charge in [-0.15, -0.1) is 10.5 Å². The zero-order valence-electron chi connectivity index (χ0n) is 15.8. The molecule has 0 aromatic heterocycles. The van der Waals surface area contributed by atoms with Crippen molar-refractivity contribution in [2.75, 3.05) is 0 Å². The molecule has 0 amide bonds. The van der Waals surface area contributed by atoms with Crippen molar-refractivity contribution in [2.45, 2.75) is 36.9 Å². The number of hydrogen-bond donors (Lipinski definition) is 0. The lowest BCUT2D eigenvalue weighted by Gasteiger charge is -2.42. The first-order chi connectivity index (χ1) is 14.7. The minimum absolute atomic E-state index is 0.0658. The molecule has 148 valence electrons. The van der Waals surface area contributed by atoms with Crippen LogP contribution in [0.5, 0.6) is 11.5 Å². The SMILES string of the molecule is N#COc1ccc(C2CCC(OC#N)(c3ccc(OC#N)cc3)C(OC#N)C2)cc1. The summed E-state index contributed by atoms with van der Waals surface area (Å²) in [4.78, 5) is 0. The quantitative estimate of drug-likeness (QED) is 0.666. The normalized spacial score (nSPS) is 22.3. The molecule has 1 aliphatic carbocycles. The predicted octanol–water partition coefficient (Wildman–Crippen LogP) is 3.93. The fourth-order valence-electron chi connectivity index (χ4n) is 3.93. The summed E-state index contributed by atoms with van der Waals surface area (Å²) >= 11 is 0. The number of ether oxygens (including phenoxy) is 4. The maximum Gasteiger partial charge on any atom is 0.292 e. The van der Waals surface area contributed by atoms with Gasteiger partial charge in [0.1, 0.15) is 11.5 Å². The van der Waals surface area contributed by atoms with E-state index in [9.17, 15) is 10.5 Å². The van der Waals surface area contributed by atoms with Gasteiger partial charge in [0.25, 0.3) is 25.0 Å². The first-order valence-electron chi connectivity index (χ1n) is 9.11. The van der Waals surface area contributed by atoms with Crippen LogP contribution in [0.15, 0.2) is 48.5 Å². The molecule has 3 atom stereocenters. The topological polar surface area (TPSA) is 132 Å². The van der Waals surface area contributed by atoms with Crippen molar-refractivity contribution >= 4 is 0 Å². The van der Waals surface area contributed by atoms with Gasteiger partial charge in [0.05, 0.1) is 0 Å². The van der Waals surface area contributed by atoms with E-state index in [1.54, 1.807) is 61.4 Å². The Morgan fingerprint density at radius 3 is 1.90 bits per heavy atom. The molecule has 1 fully saturated rings. The van der Waals surface area contributed by atoms with E-state index in [0.29, 0.717) is 36.3 Å². The Morgan fingerprint density at radius 1 is 0.767 bits per heavy atom. The van der Waals surface area contributed by atoms with Gasteiger partial charge < -0.3 is 18.9 Å². The third-order valence-electron chi connectivity index (χ3n) is 5.33. The number of hydrogen-bond acceptors (Lipinski definition) is 8. The van der Waals surface area contributed by atoms with Crippen LogP contribution in [-0.2, 0) is 15.1 Å². The lowest BCUT2D eigenvalue weighted by Crippen LogP contribution is -2.46. The van der Waals surface area contributed by atoms with E-state index in [4.69, 9.17) is 29.5 Å². The Kier molecular flexibility index (Phi) is 6.23. The summed E-state index contributed by atoms with van der Waals surface area (Å²) in [6.07, 6.45) is 7.61. The lowest BCUT2D eigenvalue weighted by atomic mass is 9.71. The minimum Gasteiger partial charge on any atom is -0.419 e. The largest absolute Gasteiger partial charge is 0.419 e. The van der Waals surface area contributed by atoms with Crippen LogP contribution in [0.25, 0.3) is 0 Å². The molecule has 1 aliphatic rings. The van der Waals surface area contributed by atoms with E-state index in [1.807, 2.05) is 12.1 Å². The van der Waals surface area contributed by atoms with Gasteiger partial charge in [-0.2, -0.15) is 10.5 Å². The fourth-order valence-corrected chi connectivity index (χ4v) is 3.93. The van der Waals surface area contributed by atoms with Crippen molar-refractivity contribution in [3.05, 3.63) is 59.7 Å². The average molecular weight is 400 g/mol. The summed E-state index contributed by atoms with van der Waals surface area (Å²) in [5, 5.41) is 35.8. The van der Waals surface area contributed by atoms with E-state index < -0.39 is 11.7 Å². The maximum absolute atomic E-state index is 9.32. The Hall–Kier alpha value is -4.40. The van der Waals surface area contributed by atoms with Crippen molar-refractivity contribution < 1.29 is 18.9 Å². The third-order valence-corrected chi connectivity index (χ3v) is 5.33. The number of nitriles is 4. The van der Waals surface area contributed by atoms with Gasteiger partial charge >= 0.3 is 0 Å². The molecule has 3 rings (SSSR count). The van der Waals surface area contributed by atoms with Crippen LogP contribution in [0.3, 0.4) is 0 Å². The highest BCUT2D eigenvalue weighted by atomic mass is 16.5. The monoisotopic (exact) mass is 400 g/mol. The van der Waals surface area contributed by atoms with Crippen LogP contribution in [0.4, 0.5) is 0 Å². The molecule has 0 N–H and O–H groups in total. The number of benzene rings is 2. The molecule has 8 heteroatoms. The Morgan fingerprint density at radius 2 is 1.37 bits per heavy atom. The van der Waals surface area contributed by atoms with Crippen molar-refractivity contribution in [3.63, 3.8) is 0 Å². The summed E-state index contributed by atoms with van der Waals surface area (Å²) in [6, 6.07) is 13.8. The van der Waals surface area contributed by atoms with Crippen molar-refractivity contribution in [2.24, 2.45) is 0 Å². The van der Waals surface area contributed by atoms with E-state index in [-0.39, 0.29) is 5.92 Å². The second-order valence-electron chi connectivity index (χ2n) is 6.73. The zero-order valence-corrected chi connectivity index (χ0v) is 15.8.